The average Bonchev–Trinajstić information content (AvgIpc) is 2.90. The Hall–Kier alpha value is -1.18. The molecule has 2 atom stereocenters. The maximum atomic E-state index is 13.2. The molecule has 1 fully saturated rings. The molecule has 1 heterocycles. The van der Waals surface area contributed by atoms with Gasteiger partial charge in [-0.25, -0.2) is 10.2 Å². The summed E-state index contributed by atoms with van der Waals surface area (Å²) in [6.45, 7) is 0.312. The third kappa shape index (κ3) is 2.26. The van der Waals surface area contributed by atoms with Gasteiger partial charge in [-0.15, -0.1) is 0 Å². The van der Waals surface area contributed by atoms with Crippen LogP contribution in [-0.4, -0.2) is 30.5 Å². The van der Waals surface area contributed by atoms with Gasteiger partial charge in [0.15, 0.2) is 5.11 Å². The summed E-state index contributed by atoms with van der Waals surface area (Å²) in [5.74, 6) is 5.37. The van der Waals surface area contributed by atoms with E-state index in [4.69, 9.17) is 28.5 Å². The number of nitrogens with two attached hydrogens (primary N) is 2. The molecule has 4 N–H and O–H groups in total. The maximum absolute atomic E-state index is 13.2. The molecule has 7 heteroatoms. The first-order valence-electron chi connectivity index (χ1n) is 5.21. The highest BCUT2D eigenvalue weighted by atomic mass is 32.1. The molecule has 1 aliphatic heterocycles. The van der Waals surface area contributed by atoms with Crippen molar-refractivity contribution in [2.45, 2.75) is 11.6 Å². The van der Waals surface area contributed by atoms with Crippen molar-refractivity contribution in [1.82, 2.24) is 5.01 Å². The fraction of sp³-hybridized carbons (Fsp3) is 0.300. The van der Waals surface area contributed by atoms with Crippen LogP contribution >= 0.6 is 12.2 Å². The summed E-state index contributed by atoms with van der Waals surface area (Å²) in [6, 6.07) is 6.24. The van der Waals surface area contributed by atoms with Crippen molar-refractivity contribution in [1.29, 1.82) is 0 Å². The van der Waals surface area contributed by atoms with Crippen LogP contribution in [0.3, 0.4) is 0 Å². The Morgan fingerprint density at radius 2 is 2.29 bits per heavy atom. The number of nitrogens with zero attached hydrogens (tertiary/aromatic N) is 1. The first-order chi connectivity index (χ1) is 7.95. The zero-order valence-electron chi connectivity index (χ0n) is 9.39. The lowest BCUT2D eigenvalue weighted by Crippen LogP contribution is -2.46. The largest absolute Gasteiger partial charge is 0.375 e. The molecule has 2 rings (SSSR count). The van der Waals surface area contributed by atoms with E-state index in [2.05, 4.69) is 0 Å². The van der Waals surface area contributed by atoms with E-state index in [1.54, 1.807) is 12.1 Å². The number of benzene rings is 1. The van der Waals surface area contributed by atoms with Crippen molar-refractivity contribution >= 4 is 25.2 Å². The monoisotopic (exact) mass is 253 g/mol. The van der Waals surface area contributed by atoms with Gasteiger partial charge in [0.25, 0.3) is 0 Å². The highest BCUT2D eigenvalue weighted by molar-refractivity contribution is 7.80. The Kier molecular flexibility index (Phi) is 3.07. The molecular formula is C10H13BFN3OS. The van der Waals surface area contributed by atoms with E-state index in [0.29, 0.717) is 6.54 Å². The third-order valence-electron chi connectivity index (χ3n) is 2.99. The first kappa shape index (κ1) is 12.3. The van der Waals surface area contributed by atoms with Crippen LogP contribution in [0.2, 0.25) is 0 Å². The minimum atomic E-state index is -0.611. The smallest absolute Gasteiger partial charge is 0.180 e. The van der Waals surface area contributed by atoms with Gasteiger partial charge in [0.2, 0.25) is 0 Å². The minimum Gasteiger partial charge on any atom is -0.375 e. The van der Waals surface area contributed by atoms with Crippen LogP contribution in [0, 0.1) is 5.82 Å². The minimum absolute atomic E-state index is 0.0373. The van der Waals surface area contributed by atoms with Crippen molar-refractivity contribution in [3.8, 4) is 0 Å². The number of hydrazine groups is 1. The van der Waals surface area contributed by atoms with E-state index in [9.17, 15) is 4.39 Å². The highest BCUT2D eigenvalue weighted by Gasteiger charge is 2.55. The molecule has 0 amide bonds. The number of halogens is 1. The number of rotatable bonds is 3. The Morgan fingerprint density at radius 3 is 2.76 bits per heavy atom. The van der Waals surface area contributed by atoms with Crippen molar-refractivity contribution in [3.05, 3.63) is 35.6 Å². The molecule has 0 bridgehead atoms. The van der Waals surface area contributed by atoms with Crippen LogP contribution in [-0.2, 0) is 10.3 Å². The summed E-state index contributed by atoms with van der Waals surface area (Å²) in [4.78, 5) is 0. The SMILES string of the molecule is BC1OC1(CN(N)C(N)=S)c1cccc(F)c1. The van der Waals surface area contributed by atoms with Crippen LogP contribution in [0.1, 0.15) is 5.56 Å². The molecule has 4 nitrogen and oxygen atoms in total. The summed E-state index contributed by atoms with van der Waals surface area (Å²) in [5, 5.41) is 1.33. The van der Waals surface area contributed by atoms with Crippen molar-refractivity contribution in [3.63, 3.8) is 0 Å². The van der Waals surface area contributed by atoms with Gasteiger partial charge >= 0.3 is 0 Å². The summed E-state index contributed by atoms with van der Waals surface area (Å²) < 4.78 is 18.8. The molecule has 1 aromatic rings. The van der Waals surface area contributed by atoms with Crippen LogP contribution in [0.4, 0.5) is 4.39 Å². The Bertz CT molecular complexity index is 461. The fourth-order valence-corrected chi connectivity index (χ4v) is 1.99. The molecule has 0 saturated carbocycles. The standard InChI is InChI=1S/C10H13BFN3OS/c11-8-10(16-8,5-15(14)9(13)17)6-2-1-3-7(12)4-6/h1-4,8H,5,11,14H2,(H2,13,17). The second kappa shape index (κ2) is 4.25. The molecule has 1 aromatic carbocycles. The van der Waals surface area contributed by atoms with Crippen molar-refractivity contribution in [2.24, 2.45) is 11.6 Å². The molecular weight excluding hydrogens is 240 g/mol. The Labute approximate surface area is 105 Å². The van der Waals surface area contributed by atoms with Crippen LogP contribution in [0.5, 0.6) is 0 Å². The number of thiocarbonyl (C=S) groups is 1. The van der Waals surface area contributed by atoms with E-state index in [0.717, 1.165) is 5.56 Å². The molecule has 0 aromatic heterocycles. The number of hydrogen-bond acceptors (Lipinski definition) is 3. The molecule has 0 radical (unpaired) electrons. The summed E-state index contributed by atoms with van der Waals surface area (Å²) in [6.07, 6.45) is 0. The molecule has 17 heavy (non-hydrogen) atoms. The van der Waals surface area contributed by atoms with E-state index >= 15 is 0 Å². The van der Waals surface area contributed by atoms with Crippen molar-refractivity contribution < 1.29 is 9.13 Å². The molecule has 1 aliphatic rings. The van der Waals surface area contributed by atoms with E-state index in [-0.39, 0.29) is 16.9 Å². The lowest BCUT2D eigenvalue weighted by molar-refractivity contribution is 0.247. The van der Waals surface area contributed by atoms with Gasteiger partial charge in [-0.05, 0) is 29.9 Å². The quantitative estimate of drug-likeness (QED) is 0.248. The van der Waals surface area contributed by atoms with Crippen LogP contribution < -0.4 is 11.6 Å². The normalized spacial score (nSPS) is 26.6. The van der Waals surface area contributed by atoms with Gasteiger partial charge in [-0.2, -0.15) is 0 Å². The zero-order valence-corrected chi connectivity index (χ0v) is 10.2. The van der Waals surface area contributed by atoms with Crippen LogP contribution in [0.25, 0.3) is 0 Å². The fourth-order valence-electron chi connectivity index (χ4n) is 1.92. The molecule has 0 spiro atoms. The summed E-state index contributed by atoms with van der Waals surface area (Å²) in [7, 11) is 1.90. The maximum Gasteiger partial charge on any atom is 0.180 e. The topological polar surface area (TPSA) is 67.8 Å². The Balaban J connectivity index is 2.24. The van der Waals surface area contributed by atoms with Crippen molar-refractivity contribution in [2.75, 3.05) is 6.54 Å². The summed E-state index contributed by atoms with van der Waals surface area (Å²) >= 11 is 4.78. The van der Waals surface area contributed by atoms with Gasteiger partial charge in [0.1, 0.15) is 19.3 Å². The molecule has 1 saturated heterocycles. The first-order valence-corrected chi connectivity index (χ1v) is 5.62. The van der Waals surface area contributed by atoms with Gasteiger partial charge in [-0.3, -0.25) is 5.01 Å². The van der Waals surface area contributed by atoms with Crippen LogP contribution in [0.15, 0.2) is 24.3 Å². The molecule has 2 unspecified atom stereocenters. The number of ether oxygens (including phenoxy) is 1. The number of hydrogen-bond donors (Lipinski definition) is 2. The van der Waals surface area contributed by atoms with Gasteiger partial charge in [0, 0.05) is 0 Å². The lowest BCUT2D eigenvalue weighted by atomic mass is 9.85. The number of epoxide rings is 1. The average molecular weight is 253 g/mol. The van der Waals surface area contributed by atoms with Gasteiger partial charge in [-0.1, -0.05) is 12.1 Å². The highest BCUT2D eigenvalue weighted by Crippen LogP contribution is 2.44. The van der Waals surface area contributed by atoms with Gasteiger partial charge < -0.3 is 10.5 Å². The van der Waals surface area contributed by atoms with E-state index in [1.165, 1.54) is 17.1 Å². The molecule has 90 valence electrons. The van der Waals surface area contributed by atoms with E-state index in [1.807, 2.05) is 7.85 Å². The lowest BCUT2D eigenvalue weighted by Gasteiger charge is -2.22. The van der Waals surface area contributed by atoms with E-state index < -0.39 is 5.60 Å². The third-order valence-corrected chi connectivity index (χ3v) is 3.22. The summed E-state index contributed by atoms with van der Waals surface area (Å²) in [5.41, 5.74) is 5.56. The second-order valence-corrected chi connectivity index (χ2v) is 4.54. The zero-order chi connectivity index (χ0) is 12.6. The second-order valence-electron chi connectivity index (χ2n) is 4.13. The van der Waals surface area contributed by atoms with Gasteiger partial charge in [0.05, 0.1) is 12.5 Å². The predicted molar refractivity (Wildman–Crippen MR) is 69.2 cm³/mol. The predicted octanol–water partition coefficient (Wildman–Crippen LogP) is -0.570. The Morgan fingerprint density at radius 1 is 1.65 bits per heavy atom. The molecule has 0 aliphatic carbocycles.